The molecule has 0 aliphatic carbocycles. The molecule has 0 fully saturated rings. The summed E-state index contributed by atoms with van der Waals surface area (Å²) in [4.78, 5) is 12.3. The van der Waals surface area contributed by atoms with Gasteiger partial charge < -0.3 is 15.5 Å². The van der Waals surface area contributed by atoms with Crippen LogP contribution in [0.4, 0.5) is 0 Å². The molecule has 2 unspecified atom stereocenters. The fourth-order valence-corrected chi connectivity index (χ4v) is 5.12. The molecule has 0 aliphatic rings. The zero-order chi connectivity index (χ0) is 27.9. The van der Waals surface area contributed by atoms with E-state index < -0.39 is 12.1 Å². The van der Waals surface area contributed by atoms with Crippen molar-refractivity contribution in [1.82, 2.24) is 5.32 Å². The molecule has 0 saturated heterocycles. The van der Waals surface area contributed by atoms with Crippen molar-refractivity contribution in [3.8, 4) is 0 Å². The van der Waals surface area contributed by atoms with Gasteiger partial charge in [0, 0.05) is 6.42 Å². The Morgan fingerprint density at radius 2 is 1.00 bits per heavy atom. The Morgan fingerprint density at radius 3 is 1.45 bits per heavy atom. The van der Waals surface area contributed by atoms with Gasteiger partial charge in [0.05, 0.1) is 18.8 Å². The Hall–Kier alpha value is -0.870. The van der Waals surface area contributed by atoms with E-state index in [1.807, 2.05) is 0 Å². The first-order valence-electron chi connectivity index (χ1n) is 16.9. The second kappa shape index (κ2) is 30.7. The average molecular weight is 538 g/mol. The van der Waals surface area contributed by atoms with Gasteiger partial charge in [0.25, 0.3) is 0 Å². The third-order valence-electron chi connectivity index (χ3n) is 7.78. The molecule has 0 radical (unpaired) electrons. The zero-order valence-corrected chi connectivity index (χ0v) is 25.7. The summed E-state index contributed by atoms with van der Waals surface area (Å²) >= 11 is 0. The summed E-state index contributed by atoms with van der Waals surface area (Å²) in [6.45, 7) is 4.33. The van der Waals surface area contributed by atoms with Crippen molar-refractivity contribution >= 4 is 5.91 Å². The normalized spacial score (nSPS) is 13.3. The van der Waals surface area contributed by atoms with Crippen molar-refractivity contribution in [2.75, 3.05) is 6.61 Å². The van der Waals surface area contributed by atoms with E-state index in [9.17, 15) is 15.0 Å². The zero-order valence-electron chi connectivity index (χ0n) is 25.7. The minimum atomic E-state index is -0.656. The molecular weight excluding hydrogens is 470 g/mol. The van der Waals surface area contributed by atoms with Gasteiger partial charge in [-0.3, -0.25) is 4.79 Å². The van der Waals surface area contributed by atoms with Gasteiger partial charge in [-0.25, -0.2) is 0 Å². The highest BCUT2D eigenvalue weighted by Crippen LogP contribution is 2.14. The number of carbonyl (C=O) groups is 1. The standard InChI is InChI=1S/C34H67NO3/c1-3-5-7-9-11-13-15-16-17-18-20-22-24-26-28-30-34(38)35-32(31-36)33(37)29-27-25-23-21-19-14-12-10-8-6-4-2/h16-17,32-33,36-37H,3-15,18-31H2,1-2H3,(H,35,38). The summed E-state index contributed by atoms with van der Waals surface area (Å²) in [5, 5.41) is 22.9. The van der Waals surface area contributed by atoms with Gasteiger partial charge in [0.2, 0.25) is 5.91 Å². The van der Waals surface area contributed by atoms with Crippen LogP contribution in [0.2, 0.25) is 0 Å². The quantitative estimate of drug-likeness (QED) is 0.0631. The summed E-state index contributed by atoms with van der Waals surface area (Å²) < 4.78 is 0. The van der Waals surface area contributed by atoms with Gasteiger partial charge in [-0.1, -0.05) is 148 Å². The lowest BCUT2D eigenvalue weighted by Gasteiger charge is -2.22. The van der Waals surface area contributed by atoms with Gasteiger partial charge in [0.1, 0.15) is 0 Å². The Labute approximate surface area is 237 Å². The van der Waals surface area contributed by atoms with Crippen molar-refractivity contribution in [1.29, 1.82) is 0 Å². The molecule has 4 heteroatoms. The number of hydrogen-bond acceptors (Lipinski definition) is 3. The Balaban J connectivity index is 3.59. The highest BCUT2D eigenvalue weighted by Gasteiger charge is 2.19. The minimum absolute atomic E-state index is 0.0420. The van der Waals surface area contributed by atoms with E-state index in [-0.39, 0.29) is 12.5 Å². The number of aliphatic hydroxyl groups is 2. The highest BCUT2D eigenvalue weighted by atomic mass is 16.3. The third-order valence-corrected chi connectivity index (χ3v) is 7.78. The van der Waals surface area contributed by atoms with E-state index in [0.29, 0.717) is 12.8 Å². The van der Waals surface area contributed by atoms with Gasteiger partial charge in [-0.15, -0.1) is 0 Å². The van der Waals surface area contributed by atoms with E-state index in [1.165, 1.54) is 128 Å². The molecule has 2 atom stereocenters. The number of nitrogens with one attached hydrogen (secondary N) is 1. The van der Waals surface area contributed by atoms with Gasteiger partial charge in [-0.05, 0) is 38.5 Å². The molecular formula is C34H67NO3. The Bertz CT molecular complexity index is 508. The molecule has 1 amide bonds. The van der Waals surface area contributed by atoms with Crippen molar-refractivity contribution in [3.63, 3.8) is 0 Å². The predicted octanol–water partition coefficient (Wildman–Crippen LogP) is 9.56. The lowest BCUT2D eigenvalue weighted by molar-refractivity contribution is -0.123. The van der Waals surface area contributed by atoms with Crippen LogP contribution in [0.15, 0.2) is 12.2 Å². The highest BCUT2D eigenvalue weighted by molar-refractivity contribution is 5.76. The van der Waals surface area contributed by atoms with Crippen molar-refractivity contribution in [2.24, 2.45) is 0 Å². The van der Waals surface area contributed by atoms with E-state index in [1.54, 1.807) is 0 Å². The maximum Gasteiger partial charge on any atom is 0.220 e. The topological polar surface area (TPSA) is 69.6 Å². The van der Waals surface area contributed by atoms with E-state index >= 15 is 0 Å². The summed E-state index contributed by atoms with van der Waals surface area (Å²) in [7, 11) is 0. The third kappa shape index (κ3) is 26.7. The first-order chi connectivity index (χ1) is 18.7. The molecule has 0 aromatic carbocycles. The second-order valence-electron chi connectivity index (χ2n) is 11.6. The maximum atomic E-state index is 12.3. The number of unbranched alkanes of at least 4 members (excludes halogenated alkanes) is 21. The van der Waals surface area contributed by atoms with E-state index in [4.69, 9.17) is 0 Å². The lowest BCUT2D eigenvalue weighted by Crippen LogP contribution is -2.45. The molecule has 0 saturated carbocycles. The smallest absolute Gasteiger partial charge is 0.220 e. The lowest BCUT2D eigenvalue weighted by atomic mass is 10.0. The average Bonchev–Trinajstić information content (AvgIpc) is 2.92. The van der Waals surface area contributed by atoms with Crippen LogP contribution in [-0.4, -0.2) is 34.9 Å². The maximum absolute atomic E-state index is 12.3. The van der Waals surface area contributed by atoms with E-state index in [2.05, 4.69) is 31.3 Å². The number of aliphatic hydroxyl groups excluding tert-OH is 2. The van der Waals surface area contributed by atoms with Crippen LogP contribution in [0.25, 0.3) is 0 Å². The van der Waals surface area contributed by atoms with Gasteiger partial charge in [0.15, 0.2) is 0 Å². The molecule has 0 spiro atoms. The summed E-state index contributed by atoms with van der Waals surface area (Å²) in [6, 6.07) is -0.534. The summed E-state index contributed by atoms with van der Waals surface area (Å²) in [5.74, 6) is -0.0420. The SMILES string of the molecule is CCCCCCCCC=CCCCCCCCC(=O)NC(CO)C(O)CCCCCCCCCCCCC. The summed E-state index contributed by atoms with van der Waals surface area (Å²) in [6.07, 6.45) is 35.4. The van der Waals surface area contributed by atoms with Crippen LogP contribution in [0, 0.1) is 0 Å². The molecule has 0 bridgehead atoms. The number of carbonyl (C=O) groups excluding carboxylic acids is 1. The van der Waals surface area contributed by atoms with Crippen molar-refractivity contribution in [2.45, 2.75) is 193 Å². The molecule has 3 N–H and O–H groups in total. The van der Waals surface area contributed by atoms with Crippen molar-refractivity contribution < 1.29 is 15.0 Å². The number of rotatable bonds is 30. The van der Waals surface area contributed by atoms with Gasteiger partial charge in [-0.2, -0.15) is 0 Å². The van der Waals surface area contributed by atoms with Crippen LogP contribution in [0.1, 0.15) is 181 Å². The molecule has 0 rings (SSSR count). The van der Waals surface area contributed by atoms with Crippen LogP contribution in [0.3, 0.4) is 0 Å². The van der Waals surface area contributed by atoms with Crippen LogP contribution >= 0.6 is 0 Å². The molecule has 38 heavy (non-hydrogen) atoms. The first kappa shape index (κ1) is 37.1. The molecule has 226 valence electrons. The number of hydrogen-bond donors (Lipinski definition) is 3. The molecule has 0 aromatic heterocycles. The second-order valence-corrected chi connectivity index (χ2v) is 11.6. The van der Waals surface area contributed by atoms with Crippen LogP contribution in [0.5, 0.6) is 0 Å². The van der Waals surface area contributed by atoms with Crippen LogP contribution in [-0.2, 0) is 4.79 Å². The number of amides is 1. The van der Waals surface area contributed by atoms with Crippen LogP contribution < -0.4 is 5.32 Å². The van der Waals surface area contributed by atoms with Gasteiger partial charge >= 0.3 is 0 Å². The molecule has 0 aromatic rings. The largest absolute Gasteiger partial charge is 0.394 e. The fourth-order valence-electron chi connectivity index (χ4n) is 5.12. The molecule has 0 aliphatic heterocycles. The Morgan fingerprint density at radius 1 is 0.605 bits per heavy atom. The molecule has 0 heterocycles. The van der Waals surface area contributed by atoms with E-state index in [0.717, 1.165) is 25.7 Å². The monoisotopic (exact) mass is 538 g/mol. The first-order valence-corrected chi connectivity index (χ1v) is 16.9. The minimum Gasteiger partial charge on any atom is -0.394 e. The molecule has 4 nitrogen and oxygen atoms in total. The fraction of sp³-hybridized carbons (Fsp3) is 0.912. The number of allylic oxidation sites excluding steroid dienone is 2. The predicted molar refractivity (Wildman–Crippen MR) is 166 cm³/mol. The summed E-state index contributed by atoms with van der Waals surface area (Å²) in [5.41, 5.74) is 0. The van der Waals surface area contributed by atoms with Crippen molar-refractivity contribution in [3.05, 3.63) is 12.2 Å². The Kier molecular flexibility index (Phi) is 30.0.